The van der Waals surface area contributed by atoms with E-state index in [0.29, 0.717) is 25.1 Å². The Balaban J connectivity index is 1.27. The maximum absolute atomic E-state index is 14.2. The molecule has 2 aromatic carbocycles. The third-order valence-corrected chi connectivity index (χ3v) is 11.7. The summed E-state index contributed by atoms with van der Waals surface area (Å²) in [6.07, 6.45) is 3.75. The Morgan fingerprint density at radius 3 is 2.61 bits per heavy atom. The van der Waals surface area contributed by atoms with Crippen molar-refractivity contribution >= 4 is 62.1 Å². The monoisotopic (exact) mass is 640 g/mol. The van der Waals surface area contributed by atoms with E-state index in [1.807, 2.05) is 54.6 Å². The van der Waals surface area contributed by atoms with E-state index in [1.54, 1.807) is 21.3 Å². The van der Waals surface area contributed by atoms with Crippen LogP contribution >= 0.6 is 27.7 Å². The molecule has 3 aromatic rings. The number of para-hydroxylation sites is 2. The zero-order chi connectivity index (χ0) is 28.6. The molecule has 12 heteroatoms. The first-order valence-electron chi connectivity index (χ1n) is 14.1. The lowest BCUT2D eigenvalue weighted by atomic mass is 9.70. The van der Waals surface area contributed by atoms with E-state index in [2.05, 4.69) is 36.9 Å². The number of likely N-dealkylation sites (tertiary alicyclic amines) is 1. The Morgan fingerprint density at radius 1 is 1.05 bits per heavy atom. The van der Waals surface area contributed by atoms with Crippen LogP contribution in [0.4, 0.5) is 5.69 Å². The highest BCUT2D eigenvalue weighted by Gasteiger charge is 2.75. The zero-order valence-electron chi connectivity index (χ0n) is 22.5. The van der Waals surface area contributed by atoms with Gasteiger partial charge in [0.05, 0.1) is 22.1 Å². The summed E-state index contributed by atoms with van der Waals surface area (Å²) in [5.41, 5.74) is 2.23. The van der Waals surface area contributed by atoms with Gasteiger partial charge in [-0.3, -0.25) is 14.4 Å². The molecule has 3 aliphatic rings. The molecular weight excluding hydrogens is 608 g/mol. The SMILES string of the molecule is O=C(NCn1nnc2ccccc21)C1N(CCCCCCO)C(=O)[C@@H]2[C@@H](C(=O)Nc3ccccc3)[C@@H]3SC12CC3Br. The average Bonchev–Trinajstić information content (AvgIpc) is 3.69. The Kier molecular flexibility index (Phi) is 8.06. The maximum atomic E-state index is 14.2. The van der Waals surface area contributed by atoms with Gasteiger partial charge in [0.1, 0.15) is 18.2 Å². The van der Waals surface area contributed by atoms with Gasteiger partial charge in [0.25, 0.3) is 0 Å². The van der Waals surface area contributed by atoms with E-state index in [9.17, 15) is 14.4 Å². The number of amides is 3. The number of alkyl halides is 1. The number of nitrogens with zero attached hydrogens (tertiary/aromatic N) is 4. The molecule has 3 unspecified atom stereocenters. The summed E-state index contributed by atoms with van der Waals surface area (Å²) in [5.74, 6) is -1.69. The summed E-state index contributed by atoms with van der Waals surface area (Å²) in [5, 5.41) is 23.5. The summed E-state index contributed by atoms with van der Waals surface area (Å²) in [6, 6.07) is 16.1. The number of aliphatic hydroxyl groups is 1. The highest BCUT2D eigenvalue weighted by molar-refractivity contribution is 9.09. The minimum atomic E-state index is -0.714. The van der Waals surface area contributed by atoms with Crippen molar-refractivity contribution in [1.29, 1.82) is 0 Å². The molecule has 3 fully saturated rings. The van der Waals surface area contributed by atoms with Gasteiger partial charge < -0.3 is 20.6 Å². The van der Waals surface area contributed by atoms with Crippen LogP contribution in [0.2, 0.25) is 0 Å². The van der Waals surface area contributed by atoms with E-state index in [4.69, 9.17) is 5.11 Å². The van der Waals surface area contributed by atoms with Gasteiger partial charge >= 0.3 is 0 Å². The second kappa shape index (κ2) is 11.7. The molecule has 0 radical (unpaired) electrons. The van der Waals surface area contributed by atoms with E-state index >= 15 is 0 Å². The number of unbranched alkanes of at least 4 members (excludes halogenated alkanes) is 3. The summed E-state index contributed by atoms with van der Waals surface area (Å²) in [7, 11) is 0. The van der Waals surface area contributed by atoms with Crippen LogP contribution in [0.25, 0.3) is 11.0 Å². The molecule has 3 N–H and O–H groups in total. The molecule has 0 saturated carbocycles. The van der Waals surface area contributed by atoms with Crippen LogP contribution in [-0.2, 0) is 21.1 Å². The fraction of sp³-hybridized carbons (Fsp3) is 0.483. The lowest BCUT2D eigenvalue weighted by Crippen LogP contribution is -2.54. The zero-order valence-corrected chi connectivity index (χ0v) is 24.9. The fourth-order valence-electron chi connectivity index (χ4n) is 6.75. The number of hydrogen-bond acceptors (Lipinski definition) is 7. The minimum absolute atomic E-state index is 0.00198. The summed E-state index contributed by atoms with van der Waals surface area (Å²) >= 11 is 5.43. The Hall–Kier alpha value is -2.96. The highest BCUT2D eigenvalue weighted by atomic mass is 79.9. The number of halogens is 1. The van der Waals surface area contributed by atoms with Crippen molar-refractivity contribution in [2.45, 2.75) is 59.6 Å². The largest absolute Gasteiger partial charge is 0.396 e. The predicted molar refractivity (Wildman–Crippen MR) is 160 cm³/mol. The fourth-order valence-corrected chi connectivity index (χ4v) is 10.4. The molecular formula is C29H33BrN6O4S. The number of aromatic nitrogens is 3. The van der Waals surface area contributed by atoms with Crippen LogP contribution in [0, 0.1) is 11.8 Å². The van der Waals surface area contributed by atoms with Crippen LogP contribution in [0.5, 0.6) is 0 Å². The van der Waals surface area contributed by atoms with E-state index in [1.165, 1.54) is 0 Å². The van der Waals surface area contributed by atoms with Crippen LogP contribution < -0.4 is 10.6 Å². The smallest absolute Gasteiger partial charge is 0.245 e. The number of carbonyl (C=O) groups is 3. The third kappa shape index (κ3) is 5.03. The Labute approximate surface area is 250 Å². The third-order valence-electron chi connectivity index (χ3n) is 8.51. The lowest BCUT2D eigenvalue weighted by Gasteiger charge is -2.35. The lowest BCUT2D eigenvalue weighted by molar-refractivity contribution is -0.139. The number of aliphatic hydroxyl groups excluding tert-OH is 1. The molecule has 3 amide bonds. The quantitative estimate of drug-likeness (QED) is 0.217. The normalized spacial score (nSPS) is 28.3. The van der Waals surface area contributed by atoms with Gasteiger partial charge in [-0.1, -0.05) is 64.3 Å². The van der Waals surface area contributed by atoms with Crippen LogP contribution in [0.1, 0.15) is 32.1 Å². The molecule has 6 rings (SSSR count). The van der Waals surface area contributed by atoms with Crippen molar-refractivity contribution in [3.63, 3.8) is 0 Å². The molecule has 6 atom stereocenters. The van der Waals surface area contributed by atoms with Gasteiger partial charge in [-0.2, -0.15) is 0 Å². The first kappa shape index (κ1) is 28.2. The first-order chi connectivity index (χ1) is 19.9. The standard InChI is InChI=1S/C29H33BrN6O4S/c30-19-16-29-23(22(24(19)41-29)26(38)32-18-10-4-3-5-11-18)28(40)35(14-8-1-2-9-15-37)25(29)27(39)31-17-36-21-13-7-6-12-20(21)33-34-36/h3-7,10-13,19,22-25,37H,1-2,8-9,14-17H2,(H,31,39)(H,32,38)/t19?,22-,23+,24-,25?,29?/m1/s1. The summed E-state index contributed by atoms with van der Waals surface area (Å²) < 4.78 is 0.926. The van der Waals surface area contributed by atoms with E-state index in [0.717, 1.165) is 30.3 Å². The van der Waals surface area contributed by atoms with Crippen molar-refractivity contribution in [3.05, 3.63) is 54.6 Å². The highest BCUT2D eigenvalue weighted by Crippen LogP contribution is 2.67. The molecule has 4 heterocycles. The maximum Gasteiger partial charge on any atom is 0.245 e. The molecule has 2 bridgehead atoms. The number of fused-ring (bicyclic) bond motifs is 2. The summed E-state index contributed by atoms with van der Waals surface area (Å²) in [6.45, 7) is 0.690. The number of hydrogen-bond donors (Lipinski definition) is 3. The molecule has 41 heavy (non-hydrogen) atoms. The van der Waals surface area contributed by atoms with Crippen molar-refractivity contribution in [2.24, 2.45) is 11.8 Å². The number of thioether (sulfide) groups is 1. The van der Waals surface area contributed by atoms with Gasteiger partial charge in [0.15, 0.2) is 0 Å². The minimum Gasteiger partial charge on any atom is -0.396 e. The van der Waals surface area contributed by atoms with Gasteiger partial charge in [0, 0.05) is 28.9 Å². The summed E-state index contributed by atoms with van der Waals surface area (Å²) in [4.78, 5) is 43.6. The van der Waals surface area contributed by atoms with Gasteiger partial charge in [-0.25, -0.2) is 4.68 Å². The van der Waals surface area contributed by atoms with Gasteiger partial charge in [-0.15, -0.1) is 16.9 Å². The predicted octanol–water partition coefficient (Wildman–Crippen LogP) is 3.16. The number of rotatable bonds is 11. The van der Waals surface area contributed by atoms with Crippen LogP contribution in [0.3, 0.4) is 0 Å². The van der Waals surface area contributed by atoms with E-state index in [-0.39, 0.29) is 41.1 Å². The molecule has 3 saturated heterocycles. The van der Waals surface area contributed by atoms with Crippen molar-refractivity contribution in [1.82, 2.24) is 25.2 Å². The second-order valence-electron chi connectivity index (χ2n) is 11.0. The number of carbonyl (C=O) groups excluding carboxylic acids is 3. The number of nitrogens with one attached hydrogen (secondary N) is 2. The average molecular weight is 642 g/mol. The second-order valence-corrected chi connectivity index (χ2v) is 13.7. The Bertz CT molecular complexity index is 1440. The molecule has 3 aliphatic heterocycles. The van der Waals surface area contributed by atoms with Crippen LogP contribution in [0.15, 0.2) is 54.6 Å². The molecule has 0 aliphatic carbocycles. The number of anilines is 1. The molecule has 1 aromatic heterocycles. The van der Waals surface area contributed by atoms with E-state index < -0.39 is 22.6 Å². The molecule has 216 valence electrons. The number of benzene rings is 2. The van der Waals surface area contributed by atoms with Gasteiger partial charge in [0.2, 0.25) is 17.7 Å². The molecule has 1 spiro atoms. The first-order valence-corrected chi connectivity index (χ1v) is 15.9. The van der Waals surface area contributed by atoms with Crippen molar-refractivity contribution in [2.75, 3.05) is 18.5 Å². The van der Waals surface area contributed by atoms with Crippen molar-refractivity contribution in [3.8, 4) is 0 Å². The van der Waals surface area contributed by atoms with Gasteiger partial charge in [-0.05, 0) is 43.5 Å². The topological polar surface area (TPSA) is 129 Å². The molecule has 10 nitrogen and oxygen atoms in total. The van der Waals surface area contributed by atoms with Crippen LogP contribution in [-0.4, -0.2) is 76.7 Å². The van der Waals surface area contributed by atoms with Crippen molar-refractivity contribution < 1.29 is 19.5 Å². The Morgan fingerprint density at radius 2 is 1.80 bits per heavy atom.